The quantitative estimate of drug-likeness (QED) is 0.468. The Balaban J connectivity index is 2.31. The molecule has 14 heavy (non-hydrogen) atoms. The first-order valence-corrected chi connectivity index (χ1v) is 4.87. The zero-order chi connectivity index (χ0) is 9.97. The summed E-state index contributed by atoms with van der Waals surface area (Å²) in [6.45, 7) is 1.28. The lowest BCUT2D eigenvalue weighted by Crippen LogP contribution is -2.10. The third-order valence-corrected chi connectivity index (χ3v) is 2.75. The van der Waals surface area contributed by atoms with Gasteiger partial charge in [0.1, 0.15) is 0 Å². The monoisotopic (exact) mass is 194 g/mol. The predicted octanol–water partition coefficient (Wildman–Crippen LogP) is 1.45. The van der Waals surface area contributed by atoms with Crippen LogP contribution in [-0.2, 0) is 14.3 Å². The van der Waals surface area contributed by atoms with Gasteiger partial charge < -0.3 is 9.47 Å². The first-order chi connectivity index (χ1) is 6.83. The Morgan fingerprint density at radius 1 is 1.64 bits per heavy atom. The lowest BCUT2D eigenvalue weighted by atomic mass is 9.97. The van der Waals surface area contributed by atoms with Crippen molar-refractivity contribution in [1.29, 1.82) is 0 Å². The van der Waals surface area contributed by atoms with E-state index < -0.39 is 0 Å². The fourth-order valence-corrected chi connectivity index (χ4v) is 1.99. The first kappa shape index (κ1) is 9.46. The number of ether oxygens (including phenoxy) is 2. The second-order valence-corrected chi connectivity index (χ2v) is 3.58. The van der Waals surface area contributed by atoms with E-state index in [1.807, 2.05) is 0 Å². The number of hydrogen-bond donors (Lipinski definition) is 0. The van der Waals surface area contributed by atoms with Gasteiger partial charge in [0.25, 0.3) is 0 Å². The molecule has 1 aliphatic carbocycles. The van der Waals surface area contributed by atoms with Crippen molar-refractivity contribution in [3.63, 3.8) is 0 Å². The Morgan fingerprint density at radius 3 is 3.29 bits per heavy atom. The van der Waals surface area contributed by atoms with Gasteiger partial charge in [0, 0.05) is 11.5 Å². The van der Waals surface area contributed by atoms with Crippen LogP contribution in [0.1, 0.15) is 12.8 Å². The molecule has 0 radical (unpaired) electrons. The van der Waals surface area contributed by atoms with Crippen LogP contribution in [0.5, 0.6) is 0 Å². The van der Waals surface area contributed by atoms with E-state index in [9.17, 15) is 4.79 Å². The summed E-state index contributed by atoms with van der Waals surface area (Å²) in [5.41, 5.74) is 1.94. The number of allylic oxidation sites excluding steroid dienone is 1. The molecule has 1 saturated heterocycles. The first-order valence-electron chi connectivity index (χ1n) is 4.87. The third kappa shape index (κ3) is 1.60. The molecule has 1 atom stereocenters. The molecule has 0 amide bonds. The molecule has 0 spiro atoms. The van der Waals surface area contributed by atoms with Crippen LogP contribution in [0.25, 0.3) is 0 Å². The Morgan fingerprint density at radius 2 is 2.50 bits per heavy atom. The summed E-state index contributed by atoms with van der Waals surface area (Å²) in [5.74, 6) is 0.103. The number of carbonyl (C=O) groups excluding carboxylic acids is 1. The summed E-state index contributed by atoms with van der Waals surface area (Å²) in [4.78, 5) is 11.5. The van der Waals surface area contributed by atoms with Crippen molar-refractivity contribution in [3.05, 3.63) is 23.3 Å². The van der Waals surface area contributed by atoms with E-state index in [0.717, 1.165) is 24.0 Å². The van der Waals surface area contributed by atoms with E-state index in [1.165, 1.54) is 7.11 Å². The molecule has 0 aromatic carbocycles. The summed E-state index contributed by atoms with van der Waals surface area (Å²) in [5, 5.41) is 0. The summed E-state index contributed by atoms with van der Waals surface area (Å²) in [6, 6.07) is 0. The molecule has 0 bridgehead atoms. The van der Waals surface area contributed by atoms with Crippen LogP contribution in [0.3, 0.4) is 0 Å². The SMILES string of the molecule is COC(=O)C1=C2COCC2C=CCC1. The minimum absolute atomic E-state index is 0.195. The topological polar surface area (TPSA) is 35.5 Å². The van der Waals surface area contributed by atoms with Crippen molar-refractivity contribution in [3.8, 4) is 0 Å². The molecule has 3 heteroatoms. The van der Waals surface area contributed by atoms with Crippen molar-refractivity contribution < 1.29 is 14.3 Å². The molecule has 76 valence electrons. The van der Waals surface area contributed by atoms with E-state index >= 15 is 0 Å². The molecule has 0 aromatic heterocycles. The summed E-state index contributed by atoms with van der Waals surface area (Å²) < 4.78 is 10.1. The highest BCUT2D eigenvalue weighted by atomic mass is 16.5. The van der Waals surface area contributed by atoms with Crippen molar-refractivity contribution in [2.24, 2.45) is 5.92 Å². The van der Waals surface area contributed by atoms with Gasteiger partial charge in [-0.15, -0.1) is 0 Å². The largest absolute Gasteiger partial charge is 0.466 e. The van der Waals surface area contributed by atoms with E-state index in [1.54, 1.807) is 0 Å². The Bertz CT molecular complexity index is 302. The highest BCUT2D eigenvalue weighted by molar-refractivity contribution is 5.89. The summed E-state index contributed by atoms with van der Waals surface area (Å²) in [6.07, 6.45) is 5.95. The van der Waals surface area contributed by atoms with E-state index in [0.29, 0.717) is 19.1 Å². The van der Waals surface area contributed by atoms with Crippen LogP contribution in [0.15, 0.2) is 23.3 Å². The van der Waals surface area contributed by atoms with Gasteiger partial charge in [0.2, 0.25) is 0 Å². The second-order valence-electron chi connectivity index (χ2n) is 3.58. The molecule has 1 fully saturated rings. The number of fused-ring (bicyclic) bond motifs is 1. The molecule has 1 heterocycles. The number of rotatable bonds is 1. The van der Waals surface area contributed by atoms with E-state index in [4.69, 9.17) is 9.47 Å². The van der Waals surface area contributed by atoms with Crippen LogP contribution in [0, 0.1) is 5.92 Å². The lowest BCUT2D eigenvalue weighted by molar-refractivity contribution is -0.136. The predicted molar refractivity (Wildman–Crippen MR) is 51.7 cm³/mol. The zero-order valence-electron chi connectivity index (χ0n) is 8.29. The average molecular weight is 194 g/mol. The number of esters is 1. The Hall–Kier alpha value is -1.09. The molecule has 0 N–H and O–H groups in total. The fourth-order valence-electron chi connectivity index (χ4n) is 1.99. The van der Waals surface area contributed by atoms with Gasteiger partial charge in [-0.25, -0.2) is 4.79 Å². The minimum Gasteiger partial charge on any atom is -0.466 e. The third-order valence-electron chi connectivity index (χ3n) is 2.75. The molecule has 3 nitrogen and oxygen atoms in total. The molecule has 2 aliphatic rings. The van der Waals surface area contributed by atoms with Crippen LogP contribution in [0.2, 0.25) is 0 Å². The van der Waals surface area contributed by atoms with Gasteiger partial charge >= 0.3 is 5.97 Å². The molecular formula is C11H14O3. The molecule has 1 aliphatic heterocycles. The van der Waals surface area contributed by atoms with Gasteiger partial charge in [-0.2, -0.15) is 0 Å². The summed E-state index contributed by atoms with van der Waals surface area (Å²) in [7, 11) is 1.43. The Kier molecular flexibility index (Phi) is 2.68. The van der Waals surface area contributed by atoms with Crippen molar-refractivity contribution >= 4 is 5.97 Å². The van der Waals surface area contributed by atoms with Gasteiger partial charge in [-0.1, -0.05) is 12.2 Å². The molecule has 2 rings (SSSR count). The molecule has 0 saturated carbocycles. The number of hydrogen-bond acceptors (Lipinski definition) is 3. The van der Waals surface area contributed by atoms with Crippen LogP contribution in [-0.4, -0.2) is 26.3 Å². The Labute approximate surface area is 83.4 Å². The highest BCUT2D eigenvalue weighted by Gasteiger charge is 2.27. The van der Waals surface area contributed by atoms with E-state index in [2.05, 4.69) is 12.2 Å². The van der Waals surface area contributed by atoms with Crippen molar-refractivity contribution in [2.75, 3.05) is 20.3 Å². The number of carbonyl (C=O) groups is 1. The maximum Gasteiger partial charge on any atom is 0.333 e. The smallest absolute Gasteiger partial charge is 0.333 e. The maximum absolute atomic E-state index is 11.5. The molecular weight excluding hydrogens is 180 g/mol. The average Bonchev–Trinajstić information content (AvgIpc) is 2.57. The number of methoxy groups -OCH3 is 1. The molecule has 0 aromatic rings. The van der Waals surface area contributed by atoms with E-state index in [-0.39, 0.29) is 5.97 Å². The maximum atomic E-state index is 11.5. The van der Waals surface area contributed by atoms with Gasteiger partial charge in [-0.3, -0.25) is 0 Å². The van der Waals surface area contributed by atoms with Crippen LogP contribution >= 0.6 is 0 Å². The fraction of sp³-hybridized carbons (Fsp3) is 0.545. The van der Waals surface area contributed by atoms with Crippen LogP contribution in [0.4, 0.5) is 0 Å². The highest BCUT2D eigenvalue weighted by Crippen LogP contribution is 2.30. The standard InChI is InChI=1S/C11H14O3/c1-13-11(12)9-5-3-2-4-8-6-14-7-10(8)9/h2,4,8H,3,5-7H2,1H3. The normalized spacial score (nSPS) is 25.9. The van der Waals surface area contributed by atoms with Crippen molar-refractivity contribution in [1.82, 2.24) is 0 Å². The van der Waals surface area contributed by atoms with Gasteiger partial charge in [0.05, 0.1) is 20.3 Å². The minimum atomic E-state index is -0.195. The van der Waals surface area contributed by atoms with Gasteiger partial charge in [0.15, 0.2) is 0 Å². The molecule has 1 unspecified atom stereocenters. The summed E-state index contributed by atoms with van der Waals surface area (Å²) >= 11 is 0. The van der Waals surface area contributed by atoms with Crippen LogP contribution < -0.4 is 0 Å². The van der Waals surface area contributed by atoms with Crippen molar-refractivity contribution in [2.45, 2.75) is 12.8 Å². The lowest BCUT2D eigenvalue weighted by Gasteiger charge is -2.08. The van der Waals surface area contributed by atoms with Gasteiger partial charge in [-0.05, 0) is 18.4 Å². The second kappa shape index (κ2) is 3.96. The zero-order valence-corrected chi connectivity index (χ0v) is 8.29.